The molecule has 1 heterocycles. The first-order valence-electron chi connectivity index (χ1n) is 39.7. The highest BCUT2D eigenvalue weighted by molar-refractivity contribution is 5.80. The summed E-state index contributed by atoms with van der Waals surface area (Å²) in [7, 11) is 0. The fourth-order valence-corrected chi connectivity index (χ4v) is 13.2. The number of ether oxygens (including phenoxy) is 2. The summed E-state index contributed by atoms with van der Waals surface area (Å²) in [4.78, 5) is 13.3. The zero-order valence-corrected chi connectivity index (χ0v) is 59.4. The van der Waals surface area contributed by atoms with Gasteiger partial charge < -0.3 is 50.5 Å². The molecule has 0 aliphatic carbocycles. The Morgan fingerprint density at radius 2 is 0.656 bits per heavy atom. The van der Waals surface area contributed by atoms with Crippen molar-refractivity contribution in [2.24, 2.45) is 0 Å². The number of allylic oxidation sites excluding steroid dienone is 4. The Labute approximate surface area is 556 Å². The molecule has 0 radical (unpaired) electrons. The maximum atomic E-state index is 13.3. The van der Waals surface area contributed by atoms with Gasteiger partial charge >= 0.3 is 0 Å². The molecule has 11 heteroatoms. The zero-order valence-electron chi connectivity index (χ0n) is 59.4. The van der Waals surface area contributed by atoms with Gasteiger partial charge in [0.25, 0.3) is 0 Å². The number of nitrogens with one attached hydrogen (secondary N) is 1. The van der Waals surface area contributed by atoms with E-state index in [0.29, 0.717) is 12.8 Å². The number of amides is 1. The summed E-state index contributed by atoms with van der Waals surface area (Å²) >= 11 is 0. The Morgan fingerprint density at radius 1 is 0.378 bits per heavy atom. The molecule has 0 aromatic heterocycles. The van der Waals surface area contributed by atoms with E-state index >= 15 is 0 Å². The average Bonchev–Trinajstić information content (AvgIpc) is 1.69. The highest BCUT2D eigenvalue weighted by Gasteiger charge is 2.44. The summed E-state index contributed by atoms with van der Waals surface area (Å²) < 4.78 is 11.2. The van der Waals surface area contributed by atoms with Gasteiger partial charge in [0.1, 0.15) is 36.6 Å². The quantitative estimate of drug-likeness (QED) is 0.0215. The van der Waals surface area contributed by atoms with E-state index in [1.807, 2.05) is 0 Å². The Bertz CT molecular complexity index is 1510. The van der Waals surface area contributed by atoms with Crippen LogP contribution >= 0.6 is 0 Å². The van der Waals surface area contributed by atoms with Crippen molar-refractivity contribution in [1.82, 2.24) is 5.32 Å². The first-order valence-corrected chi connectivity index (χ1v) is 39.7. The molecule has 1 rings (SSSR count). The number of unbranched alkanes of at least 4 members (excludes halogenated alkanes) is 55. The van der Waals surface area contributed by atoms with Crippen molar-refractivity contribution in [1.29, 1.82) is 0 Å². The van der Waals surface area contributed by atoms with Gasteiger partial charge in [0.15, 0.2) is 6.29 Å². The third-order valence-electron chi connectivity index (χ3n) is 19.5. The van der Waals surface area contributed by atoms with Gasteiger partial charge in [0.2, 0.25) is 5.91 Å². The van der Waals surface area contributed by atoms with Gasteiger partial charge in [-0.25, -0.2) is 0 Å². The lowest BCUT2D eigenvalue weighted by atomic mass is 9.98. The third kappa shape index (κ3) is 53.8. The van der Waals surface area contributed by atoms with Crippen LogP contribution in [0.5, 0.6) is 0 Å². The maximum absolute atomic E-state index is 13.3. The van der Waals surface area contributed by atoms with Gasteiger partial charge in [0.05, 0.1) is 25.4 Å². The maximum Gasteiger partial charge on any atom is 0.249 e. The van der Waals surface area contributed by atoms with Gasteiger partial charge in [-0.05, 0) is 64.2 Å². The van der Waals surface area contributed by atoms with Gasteiger partial charge in [-0.15, -0.1) is 0 Å². The number of hydrogen-bond acceptors (Lipinski definition) is 10. The van der Waals surface area contributed by atoms with Gasteiger partial charge in [-0.1, -0.05) is 366 Å². The second kappa shape index (κ2) is 67.6. The summed E-state index contributed by atoms with van der Waals surface area (Å²) in [6, 6.07) is -1.19. The summed E-state index contributed by atoms with van der Waals surface area (Å²) in [6.07, 6.45) is 75.9. The van der Waals surface area contributed by atoms with Crippen LogP contribution in [0.3, 0.4) is 0 Å². The van der Waals surface area contributed by atoms with Crippen LogP contribution in [-0.4, -0.2) is 110 Å². The SMILES string of the molecule is CCCCCCCCCCCCCCCCCCCC/C=C\CCCCCCCCCCCCCCCCCCC(O)C(=O)NC(COC1OC(CO)C(O)C(O)C1O)C(O)C(O)CCC/C=C/CCCCCCCCCCCCCCCCCCCCCC. The van der Waals surface area contributed by atoms with Crippen LogP contribution in [0.25, 0.3) is 0 Å². The van der Waals surface area contributed by atoms with Crippen LogP contribution < -0.4 is 5.32 Å². The molecular weight excluding hydrogens is 1120 g/mol. The third-order valence-corrected chi connectivity index (χ3v) is 19.5. The van der Waals surface area contributed by atoms with Gasteiger partial charge in [-0.2, -0.15) is 0 Å². The topological polar surface area (TPSA) is 189 Å². The number of rotatable bonds is 71. The number of aliphatic hydroxyl groups is 7. The van der Waals surface area contributed by atoms with Crippen LogP contribution in [0.1, 0.15) is 406 Å². The highest BCUT2D eigenvalue weighted by Crippen LogP contribution is 2.24. The van der Waals surface area contributed by atoms with Crippen molar-refractivity contribution in [3.8, 4) is 0 Å². The fourth-order valence-electron chi connectivity index (χ4n) is 13.2. The van der Waals surface area contributed by atoms with E-state index < -0.39 is 74.2 Å². The molecule has 534 valence electrons. The van der Waals surface area contributed by atoms with Crippen LogP contribution in [0.15, 0.2) is 24.3 Å². The summed E-state index contributed by atoms with van der Waals surface area (Å²) in [5, 5.41) is 76.6. The number of carbonyl (C=O) groups is 1. The minimum Gasteiger partial charge on any atom is -0.394 e. The molecule has 9 unspecified atom stereocenters. The Hall–Kier alpha value is -1.41. The summed E-state index contributed by atoms with van der Waals surface area (Å²) in [5.74, 6) is -0.698. The highest BCUT2D eigenvalue weighted by atomic mass is 16.7. The van der Waals surface area contributed by atoms with Crippen molar-refractivity contribution < 1.29 is 50.0 Å². The molecule has 0 spiro atoms. The monoisotopic (exact) mass is 1280 g/mol. The Kier molecular flexibility index (Phi) is 65.0. The van der Waals surface area contributed by atoms with Gasteiger partial charge in [0, 0.05) is 0 Å². The molecule has 9 atom stereocenters. The normalized spacial score (nSPS) is 18.5. The van der Waals surface area contributed by atoms with Crippen LogP contribution in [0, 0.1) is 0 Å². The van der Waals surface area contributed by atoms with E-state index in [9.17, 15) is 40.5 Å². The van der Waals surface area contributed by atoms with Crippen molar-refractivity contribution in [3.63, 3.8) is 0 Å². The second-order valence-corrected chi connectivity index (χ2v) is 28.1. The molecule has 1 aliphatic rings. The fraction of sp³-hybridized carbons (Fsp3) is 0.937. The van der Waals surface area contributed by atoms with E-state index in [1.54, 1.807) is 0 Å². The van der Waals surface area contributed by atoms with Crippen LogP contribution in [0.2, 0.25) is 0 Å². The number of hydrogen-bond donors (Lipinski definition) is 8. The smallest absolute Gasteiger partial charge is 0.249 e. The molecule has 11 nitrogen and oxygen atoms in total. The molecule has 1 saturated heterocycles. The molecule has 0 aromatic carbocycles. The standard InChI is InChI=1S/C79H153NO10/c1-3-5-7-9-11-13-15-17-19-21-23-25-27-29-30-31-32-33-34-35-36-37-38-39-40-41-43-45-47-49-51-53-55-57-59-61-63-65-67-72(83)78(88)80-70(69-89-79-77(87)76(86)75(85)73(68-81)90-79)74(84)71(82)66-64-62-60-58-56-54-52-50-48-46-44-42-28-26-24-22-20-18-16-14-12-10-8-6-4-2/h35-36,58,60,70-77,79,81-87H,3-34,37-57,59,61-69H2,1-2H3,(H,80,88)/b36-35-,60-58+. The first-order chi connectivity index (χ1) is 44.2. The minimum atomic E-state index is -1.67. The molecule has 8 N–H and O–H groups in total. The molecule has 0 saturated carbocycles. The molecule has 90 heavy (non-hydrogen) atoms. The molecule has 1 aliphatic heterocycles. The lowest BCUT2D eigenvalue weighted by molar-refractivity contribution is -0.303. The molecule has 1 amide bonds. The van der Waals surface area contributed by atoms with Crippen molar-refractivity contribution in [3.05, 3.63) is 24.3 Å². The van der Waals surface area contributed by atoms with Crippen molar-refractivity contribution in [2.45, 2.75) is 461 Å². The van der Waals surface area contributed by atoms with E-state index in [0.717, 1.165) is 38.5 Å². The minimum absolute atomic E-state index is 0.258. The van der Waals surface area contributed by atoms with E-state index in [-0.39, 0.29) is 12.8 Å². The molecule has 0 bridgehead atoms. The van der Waals surface area contributed by atoms with Crippen molar-refractivity contribution in [2.75, 3.05) is 13.2 Å². The predicted molar refractivity (Wildman–Crippen MR) is 381 cm³/mol. The number of carbonyl (C=O) groups excluding carboxylic acids is 1. The Morgan fingerprint density at radius 3 is 0.956 bits per heavy atom. The second-order valence-electron chi connectivity index (χ2n) is 28.1. The molecular formula is C79H153NO10. The Balaban J connectivity index is 2.12. The van der Waals surface area contributed by atoms with Crippen molar-refractivity contribution >= 4 is 5.91 Å². The lowest BCUT2D eigenvalue weighted by Gasteiger charge is -2.40. The zero-order chi connectivity index (χ0) is 65.3. The average molecular weight is 1280 g/mol. The summed E-state index contributed by atoms with van der Waals surface area (Å²) in [6.45, 7) is 3.52. The first kappa shape index (κ1) is 86.6. The summed E-state index contributed by atoms with van der Waals surface area (Å²) in [5.41, 5.74) is 0. The predicted octanol–water partition coefficient (Wildman–Crippen LogP) is 20.3. The van der Waals surface area contributed by atoms with E-state index in [2.05, 4.69) is 43.5 Å². The largest absolute Gasteiger partial charge is 0.394 e. The van der Waals surface area contributed by atoms with Crippen LogP contribution in [-0.2, 0) is 14.3 Å². The van der Waals surface area contributed by atoms with E-state index in [1.165, 1.54) is 327 Å². The van der Waals surface area contributed by atoms with E-state index in [4.69, 9.17) is 9.47 Å². The molecule has 0 aromatic rings. The van der Waals surface area contributed by atoms with Gasteiger partial charge in [-0.3, -0.25) is 4.79 Å². The number of aliphatic hydroxyl groups excluding tert-OH is 7. The van der Waals surface area contributed by atoms with Crippen LogP contribution in [0.4, 0.5) is 0 Å². The molecule has 1 fully saturated rings. The lowest BCUT2D eigenvalue weighted by Crippen LogP contribution is -2.60.